The van der Waals surface area contributed by atoms with Crippen LogP contribution in [0.1, 0.15) is 10.4 Å². The molecule has 1 fully saturated rings. The van der Waals surface area contributed by atoms with Crippen molar-refractivity contribution < 1.29 is 9.59 Å². The van der Waals surface area contributed by atoms with E-state index in [2.05, 4.69) is 27.1 Å². The van der Waals surface area contributed by atoms with Crippen LogP contribution in [0, 0.1) is 5.92 Å². The molecule has 2 aliphatic heterocycles. The third-order valence-electron chi connectivity index (χ3n) is 4.80. The summed E-state index contributed by atoms with van der Waals surface area (Å²) < 4.78 is 0. The second kappa shape index (κ2) is 7.34. The molecule has 7 nitrogen and oxygen atoms in total. The Morgan fingerprint density at radius 2 is 2.00 bits per heavy atom. The lowest BCUT2D eigenvalue weighted by Gasteiger charge is -2.44. The number of carbonyl (C=O) groups is 2. The van der Waals surface area contributed by atoms with Crippen LogP contribution >= 0.6 is 11.8 Å². The van der Waals surface area contributed by atoms with E-state index in [1.807, 2.05) is 24.3 Å². The summed E-state index contributed by atoms with van der Waals surface area (Å²) >= 11 is 1.47. The fourth-order valence-electron chi connectivity index (χ4n) is 3.43. The highest BCUT2D eigenvalue weighted by molar-refractivity contribution is 8.00. The Bertz CT molecular complexity index is 936. The van der Waals surface area contributed by atoms with Crippen molar-refractivity contribution in [3.8, 4) is 0 Å². The molecule has 0 bridgehead atoms. The van der Waals surface area contributed by atoms with E-state index in [0.717, 1.165) is 23.7 Å². The largest absolute Gasteiger partial charge is 0.371 e. The van der Waals surface area contributed by atoms with Crippen molar-refractivity contribution in [1.29, 1.82) is 0 Å². The molecule has 27 heavy (non-hydrogen) atoms. The topological polar surface area (TPSA) is 89.4 Å². The molecule has 0 spiro atoms. The number of para-hydroxylation sites is 1. The molecule has 2 aliphatic rings. The first-order chi connectivity index (χ1) is 13.2. The Hall–Kier alpha value is -2.96. The lowest BCUT2D eigenvalue weighted by atomic mass is 9.98. The zero-order valence-corrected chi connectivity index (χ0v) is 15.3. The summed E-state index contributed by atoms with van der Waals surface area (Å²) in [6.45, 7) is 2.41. The summed E-state index contributed by atoms with van der Waals surface area (Å²) in [5, 5.41) is 3.14. The highest BCUT2D eigenvalue weighted by Gasteiger charge is 2.33. The molecule has 4 rings (SSSR count). The molecular weight excluding hydrogens is 362 g/mol. The van der Waals surface area contributed by atoms with E-state index >= 15 is 0 Å². The number of carbonyl (C=O) groups excluding carboxylic acids is 2. The summed E-state index contributed by atoms with van der Waals surface area (Å²) in [7, 11) is 0. The fourth-order valence-corrected chi connectivity index (χ4v) is 4.34. The number of hydrogen-bond acceptors (Lipinski definition) is 4. The van der Waals surface area contributed by atoms with Gasteiger partial charge in [-0.15, -0.1) is 11.8 Å². The maximum Gasteiger partial charge on any atom is 0.249 e. The van der Waals surface area contributed by atoms with Gasteiger partial charge in [0.1, 0.15) is 0 Å². The van der Waals surface area contributed by atoms with Crippen LogP contribution in [0.25, 0.3) is 10.4 Å². The minimum atomic E-state index is -0.637. The highest BCUT2D eigenvalue weighted by Crippen LogP contribution is 2.37. The van der Waals surface area contributed by atoms with Gasteiger partial charge in [0.15, 0.2) is 0 Å². The minimum absolute atomic E-state index is 0.0408. The zero-order chi connectivity index (χ0) is 18.8. The van der Waals surface area contributed by atoms with Crippen LogP contribution in [0.4, 0.5) is 11.4 Å². The first-order valence-electron chi connectivity index (χ1n) is 8.62. The molecule has 2 aromatic carbocycles. The van der Waals surface area contributed by atoms with Crippen molar-refractivity contribution in [2.75, 3.05) is 35.2 Å². The first kappa shape index (κ1) is 17.5. The second-order valence-corrected chi connectivity index (χ2v) is 7.59. The molecule has 0 saturated carbocycles. The molecule has 1 saturated heterocycles. The molecule has 0 unspecified atom stereocenters. The SMILES string of the molecule is [N-]=[N+]=NC(=O)c1ccc2c(c1)N(CC1CN(c3ccccc3)C1)C(=O)CS2. The van der Waals surface area contributed by atoms with E-state index < -0.39 is 5.91 Å². The number of rotatable bonds is 4. The lowest BCUT2D eigenvalue weighted by molar-refractivity contribution is -0.116. The number of amides is 2. The van der Waals surface area contributed by atoms with Crippen molar-refractivity contribution in [3.63, 3.8) is 0 Å². The second-order valence-electron chi connectivity index (χ2n) is 6.58. The Labute approximate surface area is 160 Å². The number of azide groups is 1. The first-order valence-corrected chi connectivity index (χ1v) is 9.61. The minimum Gasteiger partial charge on any atom is -0.371 e. The Morgan fingerprint density at radius 1 is 1.22 bits per heavy atom. The molecule has 0 N–H and O–H groups in total. The van der Waals surface area contributed by atoms with E-state index in [4.69, 9.17) is 5.53 Å². The number of thioether (sulfide) groups is 1. The molecular formula is C19H17N5O2S. The zero-order valence-electron chi connectivity index (χ0n) is 14.5. The summed E-state index contributed by atoms with van der Waals surface area (Å²) in [6.07, 6.45) is 0. The predicted molar refractivity (Wildman–Crippen MR) is 105 cm³/mol. The van der Waals surface area contributed by atoms with E-state index in [0.29, 0.717) is 23.8 Å². The van der Waals surface area contributed by atoms with Crippen LogP contribution in [-0.4, -0.2) is 37.2 Å². The molecule has 0 aromatic heterocycles. The van der Waals surface area contributed by atoms with Gasteiger partial charge >= 0.3 is 0 Å². The van der Waals surface area contributed by atoms with Crippen molar-refractivity contribution in [2.24, 2.45) is 11.0 Å². The lowest BCUT2D eigenvalue weighted by Crippen LogP contribution is -2.53. The van der Waals surface area contributed by atoms with Crippen LogP contribution in [0.15, 0.2) is 58.5 Å². The van der Waals surface area contributed by atoms with Gasteiger partial charge in [0.05, 0.1) is 11.4 Å². The quantitative estimate of drug-likeness (QED) is 0.460. The smallest absolute Gasteiger partial charge is 0.249 e. The molecule has 136 valence electrons. The average Bonchev–Trinajstić information content (AvgIpc) is 2.66. The molecule has 8 heteroatoms. The van der Waals surface area contributed by atoms with Crippen LogP contribution in [0.3, 0.4) is 0 Å². The average molecular weight is 379 g/mol. The van der Waals surface area contributed by atoms with Crippen LogP contribution < -0.4 is 9.80 Å². The number of anilines is 2. The molecule has 0 atom stereocenters. The van der Waals surface area contributed by atoms with Gasteiger partial charge in [-0.1, -0.05) is 18.2 Å². The standard InChI is InChI=1S/C19H17N5O2S/c20-22-21-19(26)14-6-7-17-16(8-14)24(18(25)12-27-17)11-13-9-23(10-13)15-4-2-1-3-5-15/h1-8,13H,9-12H2. The van der Waals surface area contributed by atoms with Crippen molar-refractivity contribution in [3.05, 3.63) is 64.5 Å². The third-order valence-corrected chi connectivity index (χ3v) is 5.85. The number of nitrogens with zero attached hydrogens (tertiary/aromatic N) is 5. The molecule has 2 amide bonds. The maximum absolute atomic E-state index is 12.5. The summed E-state index contributed by atoms with van der Waals surface area (Å²) in [5.74, 6) is 0.175. The van der Waals surface area contributed by atoms with Gasteiger partial charge in [-0.3, -0.25) is 9.59 Å². The molecule has 0 aliphatic carbocycles. The van der Waals surface area contributed by atoms with Gasteiger partial charge in [-0.25, -0.2) is 0 Å². The van der Waals surface area contributed by atoms with E-state index in [9.17, 15) is 9.59 Å². The fraction of sp³-hybridized carbons (Fsp3) is 0.263. The molecule has 2 aromatic rings. The van der Waals surface area contributed by atoms with Crippen LogP contribution in [0.2, 0.25) is 0 Å². The van der Waals surface area contributed by atoms with Gasteiger partial charge in [0.25, 0.3) is 0 Å². The van der Waals surface area contributed by atoms with Gasteiger partial charge in [-0.2, -0.15) is 0 Å². The molecule has 2 heterocycles. The summed E-state index contributed by atoms with van der Waals surface area (Å²) in [6, 6.07) is 15.3. The predicted octanol–water partition coefficient (Wildman–Crippen LogP) is 3.71. The Kier molecular flexibility index (Phi) is 4.75. The summed E-state index contributed by atoms with van der Waals surface area (Å²) in [4.78, 5) is 32.0. The third kappa shape index (κ3) is 3.49. The van der Waals surface area contributed by atoms with Gasteiger partial charge < -0.3 is 9.80 Å². The van der Waals surface area contributed by atoms with Crippen LogP contribution in [0.5, 0.6) is 0 Å². The van der Waals surface area contributed by atoms with E-state index in [1.165, 1.54) is 17.4 Å². The van der Waals surface area contributed by atoms with Crippen molar-refractivity contribution in [1.82, 2.24) is 0 Å². The van der Waals surface area contributed by atoms with Gasteiger partial charge in [0.2, 0.25) is 11.8 Å². The van der Waals surface area contributed by atoms with Gasteiger partial charge in [-0.05, 0) is 41.0 Å². The molecule has 0 radical (unpaired) electrons. The van der Waals surface area contributed by atoms with Crippen LogP contribution in [-0.2, 0) is 4.79 Å². The number of benzene rings is 2. The summed E-state index contributed by atoms with van der Waals surface area (Å²) in [5.41, 5.74) is 10.7. The Balaban J connectivity index is 1.51. The van der Waals surface area contributed by atoms with Crippen molar-refractivity contribution >= 4 is 35.0 Å². The van der Waals surface area contributed by atoms with E-state index in [1.54, 1.807) is 17.0 Å². The van der Waals surface area contributed by atoms with Crippen molar-refractivity contribution in [2.45, 2.75) is 4.90 Å². The normalized spacial score (nSPS) is 16.4. The number of fused-ring (bicyclic) bond motifs is 1. The Morgan fingerprint density at radius 3 is 2.74 bits per heavy atom. The maximum atomic E-state index is 12.5. The van der Waals surface area contributed by atoms with Gasteiger partial charge in [0, 0.05) is 46.6 Å². The van der Waals surface area contributed by atoms with E-state index in [-0.39, 0.29) is 5.91 Å². The number of hydrogen-bond donors (Lipinski definition) is 0. The highest BCUT2D eigenvalue weighted by atomic mass is 32.2. The monoisotopic (exact) mass is 379 g/mol.